The summed E-state index contributed by atoms with van der Waals surface area (Å²) in [5.41, 5.74) is 3.34. The molecule has 1 aromatic heterocycles. The fourth-order valence-corrected chi connectivity index (χ4v) is 6.42. The van der Waals surface area contributed by atoms with Gasteiger partial charge in [-0.2, -0.15) is 0 Å². The molecule has 2 heterocycles. The summed E-state index contributed by atoms with van der Waals surface area (Å²) in [5, 5.41) is 12.3. The SMILES string of the molecule is CN(Cc1cncs1)C(=O)NC(COC(C)(C)C)C(=O)NC(CCC(Cc1ccccc1)NC(=O)OCC1=CNCS1)Cc1ccccc1. The number of ether oxygens (including phenoxy) is 2. The van der Waals surface area contributed by atoms with Gasteiger partial charge in [0.15, 0.2) is 0 Å². The predicted octanol–water partition coefficient (Wildman–Crippen LogP) is 5.45. The van der Waals surface area contributed by atoms with Crippen LogP contribution in [0.2, 0.25) is 0 Å². The van der Waals surface area contributed by atoms with Crippen molar-refractivity contribution in [3.05, 3.63) is 99.5 Å². The molecule has 1 aliphatic heterocycles. The number of carbonyl (C=O) groups excluding carboxylic acids is 3. The lowest BCUT2D eigenvalue weighted by Gasteiger charge is -2.29. The van der Waals surface area contributed by atoms with Crippen LogP contribution >= 0.6 is 23.1 Å². The van der Waals surface area contributed by atoms with Crippen LogP contribution in [-0.4, -0.2) is 77.8 Å². The van der Waals surface area contributed by atoms with Gasteiger partial charge in [-0.25, -0.2) is 9.59 Å². The number of hydrogen-bond acceptors (Lipinski definition) is 9. The molecule has 4 rings (SSSR count). The van der Waals surface area contributed by atoms with Gasteiger partial charge in [0.25, 0.3) is 0 Å². The molecule has 3 atom stereocenters. The first-order valence-electron chi connectivity index (χ1n) is 16.4. The number of alkyl carbamates (subject to hydrolysis) is 1. The molecule has 3 unspecified atom stereocenters. The second-order valence-electron chi connectivity index (χ2n) is 12.9. The summed E-state index contributed by atoms with van der Waals surface area (Å²) in [4.78, 5) is 47.5. The Morgan fingerprint density at radius 1 is 0.939 bits per heavy atom. The molecule has 49 heavy (non-hydrogen) atoms. The van der Waals surface area contributed by atoms with Crippen molar-refractivity contribution in [2.75, 3.05) is 26.1 Å². The van der Waals surface area contributed by atoms with Crippen molar-refractivity contribution >= 4 is 41.1 Å². The highest BCUT2D eigenvalue weighted by Gasteiger charge is 2.28. The molecule has 11 nitrogen and oxygen atoms in total. The predicted molar refractivity (Wildman–Crippen MR) is 195 cm³/mol. The van der Waals surface area contributed by atoms with E-state index >= 15 is 0 Å². The smallest absolute Gasteiger partial charge is 0.407 e. The quantitative estimate of drug-likeness (QED) is 0.146. The third kappa shape index (κ3) is 14.1. The molecule has 2 aromatic carbocycles. The zero-order valence-electron chi connectivity index (χ0n) is 28.6. The van der Waals surface area contributed by atoms with Gasteiger partial charge in [0, 0.05) is 41.3 Å². The molecule has 3 aromatic rings. The molecule has 0 saturated heterocycles. The largest absolute Gasteiger partial charge is 0.444 e. The maximum atomic E-state index is 13.9. The Labute approximate surface area is 297 Å². The molecular weight excluding hydrogens is 661 g/mol. The van der Waals surface area contributed by atoms with Crippen molar-refractivity contribution < 1.29 is 23.9 Å². The number of thiazole rings is 1. The van der Waals surface area contributed by atoms with Gasteiger partial charge >= 0.3 is 12.1 Å². The van der Waals surface area contributed by atoms with E-state index in [9.17, 15) is 14.4 Å². The summed E-state index contributed by atoms with van der Waals surface area (Å²) in [6.45, 7) is 6.29. The van der Waals surface area contributed by atoms with Crippen molar-refractivity contribution in [3.8, 4) is 0 Å². The number of hydrogen-bond donors (Lipinski definition) is 4. The van der Waals surface area contributed by atoms with Crippen LogP contribution in [0.3, 0.4) is 0 Å². The van der Waals surface area contributed by atoms with Gasteiger partial charge in [-0.3, -0.25) is 9.78 Å². The Morgan fingerprint density at radius 3 is 2.12 bits per heavy atom. The van der Waals surface area contributed by atoms with Gasteiger partial charge in [-0.15, -0.1) is 23.1 Å². The summed E-state index contributed by atoms with van der Waals surface area (Å²) < 4.78 is 11.5. The third-order valence-electron chi connectivity index (χ3n) is 7.65. The summed E-state index contributed by atoms with van der Waals surface area (Å²) in [7, 11) is 1.68. The van der Waals surface area contributed by atoms with Crippen molar-refractivity contribution in [2.45, 2.75) is 76.7 Å². The van der Waals surface area contributed by atoms with E-state index in [0.717, 1.165) is 26.8 Å². The number of aromatic nitrogens is 1. The van der Waals surface area contributed by atoms with Crippen molar-refractivity contribution in [3.63, 3.8) is 0 Å². The maximum Gasteiger partial charge on any atom is 0.407 e. The first-order chi connectivity index (χ1) is 23.5. The van der Waals surface area contributed by atoms with Crippen LogP contribution in [0, 0.1) is 0 Å². The third-order valence-corrected chi connectivity index (χ3v) is 9.33. The lowest BCUT2D eigenvalue weighted by molar-refractivity contribution is -0.126. The Morgan fingerprint density at radius 2 is 1.57 bits per heavy atom. The Kier molecular flexibility index (Phi) is 14.8. The Bertz CT molecular complexity index is 1480. The number of benzene rings is 2. The van der Waals surface area contributed by atoms with E-state index < -0.39 is 17.7 Å². The highest BCUT2D eigenvalue weighted by atomic mass is 32.2. The molecule has 264 valence electrons. The van der Waals surface area contributed by atoms with Crippen molar-refractivity contribution in [2.24, 2.45) is 0 Å². The highest BCUT2D eigenvalue weighted by molar-refractivity contribution is 8.03. The summed E-state index contributed by atoms with van der Waals surface area (Å²) in [5.74, 6) is 0.426. The zero-order chi connectivity index (χ0) is 35.1. The molecule has 0 fully saturated rings. The van der Waals surface area contributed by atoms with E-state index in [4.69, 9.17) is 9.47 Å². The normalized spacial score (nSPS) is 14.5. The van der Waals surface area contributed by atoms with Crippen LogP contribution in [0.1, 0.15) is 49.6 Å². The number of nitrogens with one attached hydrogen (secondary N) is 4. The molecule has 0 saturated carbocycles. The summed E-state index contributed by atoms with van der Waals surface area (Å²) >= 11 is 3.06. The Hall–Kier alpha value is -4.07. The first-order valence-corrected chi connectivity index (χ1v) is 18.3. The molecule has 0 bridgehead atoms. The molecule has 0 radical (unpaired) electrons. The summed E-state index contributed by atoms with van der Waals surface area (Å²) in [6, 6.07) is 18.1. The fourth-order valence-electron chi connectivity index (χ4n) is 5.11. The van der Waals surface area contributed by atoms with Crippen LogP contribution < -0.4 is 21.3 Å². The fraction of sp³-hybridized carbons (Fsp3) is 0.444. The highest BCUT2D eigenvalue weighted by Crippen LogP contribution is 2.19. The van der Waals surface area contributed by atoms with Crippen LogP contribution in [0.4, 0.5) is 9.59 Å². The number of rotatable bonds is 17. The lowest BCUT2D eigenvalue weighted by atomic mass is 9.96. The molecule has 4 N–H and O–H groups in total. The van der Waals surface area contributed by atoms with Crippen LogP contribution in [0.15, 0.2) is 83.5 Å². The maximum absolute atomic E-state index is 13.9. The second-order valence-corrected chi connectivity index (χ2v) is 15.0. The lowest BCUT2D eigenvalue weighted by Crippen LogP contribution is -2.55. The average Bonchev–Trinajstić information content (AvgIpc) is 3.80. The molecular formula is C36H48N6O5S2. The molecule has 1 aliphatic rings. The second kappa shape index (κ2) is 19.2. The molecule has 4 amide bonds. The average molecular weight is 709 g/mol. The standard InChI is InChI=1S/C36H48N6O5S2/c1-36(2,3)47-23-32(41-34(44)42(4)21-30-19-37-24-48-30)33(43)39-28(17-26-11-7-5-8-12-26)15-16-29(18-27-13-9-6-10-14-27)40-35(45)46-22-31-20-38-25-49-31/h5-14,19-20,24,28-29,32,38H,15-18,21-23,25H2,1-4H3,(H,39,43)(H,40,45)(H,41,44). The van der Waals surface area contributed by atoms with E-state index in [-0.39, 0.29) is 37.2 Å². The number of nitrogens with zero attached hydrogens (tertiary/aromatic N) is 2. The minimum atomic E-state index is -0.931. The number of carbonyl (C=O) groups is 3. The van der Waals surface area contributed by atoms with Crippen LogP contribution in [0.25, 0.3) is 0 Å². The summed E-state index contributed by atoms with van der Waals surface area (Å²) in [6.07, 6.45) is 5.41. The number of urea groups is 1. The number of amides is 4. The van der Waals surface area contributed by atoms with Gasteiger partial charge in [0.2, 0.25) is 5.91 Å². The van der Waals surface area contributed by atoms with Gasteiger partial charge in [-0.1, -0.05) is 60.7 Å². The molecule has 0 aliphatic carbocycles. The van der Waals surface area contributed by atoms with E-state index in [0.29, 0.717) is 32.2 Å². The zero-order valence-corrected chi connectivity index (χ0v) is 30.3. The number of thioether (sulfide) groups is 1. The van der Waals surface area contributed by atoms with Crippen molar-refractivity contribution in [1.82, 2.24) is 31.2 Å². The van der Waals surface area contributed by atoms with Gasteiger partial charge in [-0.05, 0) is 57.6 Å². The Balaban J connectivity index is 1.46. The minimum Gasteiger partial charge on any atom is -0.444 e. The van der Waals surface area contributed by atoms with Gasteiger partial charge < -0.3 is 35.6 Å². The van der Waals surface area contributed by atoms with Crippen LogP contribution in [0.5, 0.6) is 0 Å². The van der Waals surface area contributed by atoms with Crippen molar-refractivity contribution in [1.29, 1.82) is 0 Å². The molecule has 0 spiro atoms. The van der Waals surface area contributed by atoms with E-state index in [2.05, 4.69) is 26.3 Å². The minimum absolute atomic E-state index is 0.00178. The van der Waals surface area contributed by atoms with Gasteiger partial charge in [0.05, 0.1) is 30.1 Å². The van der Waals surface area contributed by atoms with E-state index in [1.807, 2.05) is 87.6 Å². The van der Waals surface area contributed by atoms with Crippen LogP contribution in [-0.2, 0) is 33.7 Å². The topological polar surface area (TPSA) is 134 Å². The van der Waals surface area contributed by atoms with E-state index in [1.165, 1.54) is 16.2 Å². The first kappa shape index (κ1) is 37.7. The van der Waals surface area contributed by atoms with Gasteiger partial charge in [0.1, 0.15) is 12.6 Å². The monoisotopic (exact) mass is 708 g/mol. The molecule has 13 heteroatoms. The van der Waals surface area contributed by atoms with E-state index in [1.54, 1.807) is 30.5 Å².